The highest BCUT2D eigenvalue weighted by Gasteiger charge is 2.12. The van der Waals surface area contributed by atoms with Crippen LogP contribution in [0.3, 0.4) is 0 Å². The van der Waals surface area contributed by atoms with Gasteiger partial charge in [-0.05, 0) is 31.5 Å². The van der Waals surface area contributed by atoms with Crippen LogP contribution in [0.2, 0.25) is 0 Å². The molecule has 6 heteroatoms. The molecule has 1 atom stereocenters. The van der Waals surface area contributed by atoms with Crippen molar-refractivity contribution in [1.82, 2.24) is 20.5 Å². The second-order valence-corrected chi connectivity index (χ2v) is 4.41. The van der Waals surface area contributed by atoms with Crippen LogP contribution in [0.15, 0.2) is 30.6 Å². The molecule has 0 saturated carbocycles. The van der Waals surface area contributed by atoms with Gasteiger partial charge in [-0.25, -0.2) is 4.98 Å². The first-order chi connectivity index (χ1) is 9.69. The number of H-pyrrole nitrogens is 1. The molecule has 0 bridgehead atoms. The lowest BCUT2D eigenvalue weighted by molar-refractivity contribution is -0.121. The number of rotatable bonds is 6. The van der Waals surface area contributed by atoms with Gasteiger partial charge < -0.3 is 10.1 Å². The molecule has 1 amide bonds. The molecule has 6 nitrogen and oxygen atoms in total. The van der Waals surface area contributed by atoms with Gasteiger partial charge in [0.25, 0.3) is 0 Å². The number of amides is 1. The summed E-state index contributed by atoms with van der Waals surface area (Å²) in [6.45, 7) is 4.43. The van der Waals surface area contributed by atoms with Crippen LogP contribution < -0.4 is 10.1 Å². The lowest BCUT2D eigenvalue weighted by Gasteiger charge is -2.11. The average Bonchev–Trinajstić information content (AvgIpc) is 2.95. The van der Waals surface area contributed by atoms with E-state index in [0.29, 0.717) is 18.9 Å². The van der Waals surface area contributed by atoms with Crippen LogP contribution in [0.25, 0.3) is 0 Å². The van der Waals surface area contributed by atoms with Crippen molar-refractivity contribution in [1.29, 1.82) is 0 Å². The van der Waals surface area contributed by atoms with Gasteiger partial charge in [-0.1, -0.05) is 12.1 Å². The molecule has 0 fully saturated rings. The fourth-order valence-corrected chi connectivity index (χ4v) is 1.84. The molecule has 0 radical (unpaired) electrons. The topological polar surface area (TPSA) is 79.9 Å². The Balaban J connectivity index is 1.87. The van der Waals surface area contributed by atoms with Gasteiger partial charge in [0.1, 0.15) is 17.9 Å². The second-order valence-electron chi connectivity index (χ2n) is 4.41. The van der Waals surface area contributed by atoms with E-state index >= 15 is 0 Å². The van der Waals surface area contributed by atoms with Crippen LogP contribution in [0.1, 0.15) is 31.3 Å². The number of nitrogens with zero attached hydrogens (tertiary/aromatic N) is 2. The summed E-state index contributed by atoms with van der Waals surface area (Å²) >= 11 is 0. The van der Waals surface area contributed by atoms with E-state index in [-0.39, 0.29) is 11.9 Å². The minimum Gasteiger partial charge on any atom is -0.494 e. The molecule has 0 aliphatic heterocycles. The molecule has 0 spiro atoms. The summed E-state index contributed by atoms with van der Waals surface area (Å²) in [4.78, 5) is 15.9. The van der Waals surface area contributed by atoms with Crippen LogP contribution in [0, 0.1) is 0 Å². The number of benzene rings is 1. The van der Waals surface area contributed by atoms with E-state index in [1.165, 1.54) is 6.33 Å². The number of hydrogen-bond donors (Lipinski definition) is 2. The van der Waals surface area contributed by atoms with Crippen molar-refractivity contribution >= 4 is 5.91 Å². The summed E-state index contributed by atoms with van der Waals surface area (Å²) in [5, 5.41) is 9.36. The molecule has 2 rings (SSSR count). The summed E-state index contributed by atoms with van der Waals surface area (Å²) in [7, 11) is 0. The Kier molecular flexibility index (Phi) is 4.70. The number of carbonyl (C=O) groups excluding carboxylic acids is 1. The lowest BCUT2D eigenvalue weighted by Crippen LogP contribution is -2.28. The highest BCUT2D eigenvalue weighted by atomic mass is 16.5. The third kappa shape index (κ3) is 3.81. The summed E-state index contributed by atoms with van der Waals surface area (Å²) in [6, 6.07) is 7.33. The molecule has 1 heterocycles. The first kappa shape index (κ1) is 14.0. The zero-order valence-corrected chi connectivity index (χ0v) is 11.6. The third-order valence-corrected chi connectivity index (χ3v) is 2.82. The molecule has 1 aromatic carbocycles. The Morgan fingerprint density at radius 2 is 2.15 bits per heavy atom. The maximum Gasteiger partial charge on any atom is 0.224 e. The fraction of sp³-hybridized carbons (Fsp3) is 0.357. The van der Waals surface area contributed by atoms with Gasteiger partial charge in [-0.3, -0.25) is 9.89 Å². The monoisotopic (exact) mass is 274 g/mol. The number of carbonyl (C=O) groups is 1. The fourth-order valence-electron chi connectivity index (χ4n) is 1.84. The summed E-state index contributed by atoms with van der Waals surface area (Å²) in [5.41, 5.74) is 0.940. The highest BCUT2D eigenvalue weighted by Crippen LogP contribution is 2.13. The molecule has 1 aromatic heterocycles. The predicted octanol–water partition coefficient (Wildman–Crippen LogP) is 1.62. The van der Waals surface area contributed by atoms with E-state index in [2.05, 4.69) is 20.5 Å². The third-order valence-electron chi connectivity index (χ3n) is 2.82. The smallest absolute Gasteiger partial charge is 0.224 e. The van der Waals surface area contributed by atoms with Gasteiger partial charge in [0.15, 0.2) is 0 Å². The number of ether oxygens (including phenoxy) is 1. The second kappa shape index (κ2) is 6.70. The van der Waals surface area contributed by atoms with Gasteiger partial charge in [0, 0.05) is 0 Å². The van der Waals surface area contributed by atoms with E-state index in [1.54, 1.807) is 0 Å². The zero-order valence-electron chi connectivity index (χ0n) is 11.6. The van der Waals surface area contributed by atoms with Gasteiger partial charge in [-0.2, -0.15) is 5.10 Å². The van der Waals surface area contributed by atoms with Gasteiger partial charge in [-0.15, -0.1) is 0 Å². The van der Waals surface area contributed by atoms with Crippen molar-refractivity contribution in [3.05, 3.63) is 42.0 Å². The quantitative estimate of drug-likeness (QED) is 0.839. The molecule has 1 unspecified atom stereocenters. The standard InChI is InChI=1S/C14H18N4O2/c1-3-20-12-6-4-11(5-7-12)8-13(19)17-10(2)14-15-9-16-18-14/h4-7,9-10H,3,8H2,1-2H3,(H,17,19)(H,15,16,18). The molecule has 20 heavy (non-hydrogen) atoms. The Labute approximate surface area is 117 Å². The summed E-state index contributed by atoms with van der Waals surface area (Å²) in [5.74, 6) is 1.40. The van der Waals surface area contributed by atoms with Crippen molar-refractivity contribution < 1.29 is 9.53 Å². The molecule has 0 aliphatic rings. The van der Waals surface area contributed by atoms with Crippen molar-refractivity contribution in [3.63, 3.8) is 0 Å². The largest absolute Gasteiger partial charge is 0.494 e. The minimum absolute atomic E-state index is 0.0574. The molecular formula is C14H18N4O2. The Morgan fingerprint density at radius 3 is 2.75 bits per heavy atom. The van der Waals surface area contributed by atoms with E-state index in [0.717, 1.165) is 11.3 Å². The maximum atomic E-state index is 11.9. The molecule has 0 aliphatic carbocycles. The van der Waals surface area contributed by atoms with E-state index in [1.807, 2.05) is 38.1 Å². The average molecular weight is 274 g/mol. The number of aromatic amines is 1. The zero-order chi connectivity index (χ0) is 14.4. The van der Waals surface area contributed by atoms with Crippen LogP contribution in [-0.4, -0.2) is 27.7 Å². The summed E-state index contributed by atoms with van der Waals surface area (Å²) < 4.78 is 5.36. The predicted molar refractivity (Wildman–Crippen MR) is 74.3 cm³/mol. The molecule has 106 valence electrons. The minimum atomic E-state index is -0.187. The molecule has 0 saturated heterocycles. The highest BCUT2D eigenvalue weighted by molar-refractivity contribution is 5.78. The van der Waals surface area contributed by atoms with Crippen molar-refractivity contribution in [2.45, 2.75) is 26.3 Å². The van der Waals surface area contributed by atoms with Crippen molar-refractivity contribution in [2.75, 3.05) is 6.61 Å². The van der Waals surface area contributed by atoms with Crippen LogP contribution >= 0.6 is 0 Å². The maximum absolute atomic E-state index is 11.9. The van der Waals surface area contributed by atoms with Crippen molar-refractivity contribution in [3.8, 4) is 5.75 Å². The van der Waals surface area contributed by atoms with Gasteiger partial charge >= 0.3 is 0 Å². The summed E-state index contributed by atoms with van der Waals surface area (Å²) in [6.07, 6.45) is 1.75. The van der Waals surface area contributed by atoms with Crippen LogP contribution in [0.5, 0.6) is 5.75 Å². The SMILES string of the molecule is CCOc1ccc(CC(=O)NC(C)c2ncn[nH]2)cc1. The van der Waals surface area contributed by atoms with Crippen LogP contribution in [-0.2, 0) is 11.2 Å². The number of hydrogen-bond acceptors (Lipinski definition) is 4. The van der Waals surface area contributed by atoms with E-state index in [4.69, 9.17) is 4.74 Å². The Hall–Kier alpha value is -2.37. The first-order valence-corrected chi connectivity index (χ1v) is 6.55. The number of nitrogens with one attached hydrogen (secondary N) is 2. The number of aromatic nitrogens is 3. The molecular weight excluding hydrogens is 256 g/mol. The van der Waals surface area contributed by atoms with E-state index < -0.39 is 0 Å². The van der Waals surface area contributed by atoms with Gasteiger partial charge in [0.05, 0.1) is 19.1 Å². The Morgan fingerprint density at radius 1 is 1.40 bits per heavy atom. The molecule has 2 aromatic rings. The Bertz CT molecular complexity index is 537. The van der Waals surface area contributed by atoms with Crippen molar-refractivity contribution in [2.24, 2.45) is 0 Å². The first-order valence-electron chi connectivity index (χ1n) is 6.55. The normalized spacial score (nSPS) is 11.9. The molecule has 2 N–H and O–H groups in total. The lowest BCUT2D eigenvalue weighted by atomic mass is 10.1. The van der Waals surface area contributed by atoms with Gasteiger partial charge in [0.2, 0.25) is 5.91 Å². The van der Waals surface area contributed by atoms with E-state index in [9.17, 15) is 4.79 Å². The van der Waals surface area contributed by atoms with Crippen LogP contribution in [0.4, 0.5) is 0 Å².